The van der Waals surface area contributed by atoms with E-state index >= 15 is 0 Å². The third kappa shape index (κ3) is 3.24. The van der Waals surface area contributed by atoms with Crippen molar-refractivity contribution in [2.75, 3.05) is 6.61 Å². The van der Waals surface area contributed by atoms with Gasteiger partial charge in [-0.3, -0.25) is 0 Å². The van der Waals surface area contributed by atoms with Crippen LogP contribution >= 0.6 is 15.9 Å². The minimum absolute atomic E-state index is 0.159. The van der Waals surface area contributed by atoms with Gasteiger partial charge in [0.1, 0.15) is 11.4 Å². The van der Waals surface area contributed by atoms with E-state index in [4.69, 9.17) is 4.74 Å². The number of hydrogen-bond acceptors (Lipinski definition) is 3. The van der Waals surface area contributed by atoms with E-state index in [1.165, 1.54) is 18.2 Å². The summed E-state index contributed by atoms with van der Waals surface area (Å²) in [6, 6.07) is 3.76. The average molecular weight is 352 g/mol. The van der Waals surface area contributed by atoms with E-state index in [0.717, 1.165) is 0 Å². The summed E-state index contributed by atoms with van der Waals surface area (Å²) in [6.07, 6.45) is -4.77. The Hall–Kier alpha value is -1.70. The number of carbonyl (C=O) groups excluding carboxylic acids is 1. The van der Waals surface area contributed by atoms with Crippen molar-refractivity contribution in [3.8, 4) is 5.75 Å². The van der Waals surface area contributed by atoms with Gasteiger partial charge in [-0.25, -0.2) is 4.79 Å². The molecule has 0 atom stereocenters. The van der Waals surface area contributed by atoms with Gasteiger partial charge in [0.2, 0.25) is 0 Å². The lowest BCUT2D eigenvalue weighted by Gasteiger charge is -2.09. The maximum Gasteiger partial charge on any atom is 0.573 e. The summed E-state index contributed by atoms with van der Waals surface area (Å²) < 4.78 is 45.6. The molecule has 1 heterocycles. The predicted molar refractivity (Wildman–Crippen MR) is 68.6 cm³/mol. The Balaban J connectivity index is 2.42. The van der Waals surface area contributed by atoms with Gasteiger partial charge in [0, 0.05) is 9.86 Å². The fraction of sp³-hybridized carbons (Fsp3) is 0.250. The van der Waals surface area contributed by atoms with Gasteiger partial charge in [-0.15, -0.1) is 13.2 Å². The molecule has 0 radical (unpaired) electrons. The van der Waals surface area contributed by atoms with E-state index in [2.05, 4.69) is 25.7 Å². The predicted octanol–water partition coefficient (Wildman–Crippen LogP) is 4.01. The highest BCUT2D eigenvalue weighted by atomic mass is 79.9. The standard InChI is InChI=1S/C12H9BrF3NO3/c1-2-19-11(18)9-4-6-3-7(20-12(14,15)16)5-8(13)10(6)17-9/h3-5,17H,2H2,1H3. The van der Waals surface area contributed by atoms with E-state index < -0.39 is 12.3 Å². The summed E-state index contributed by atoms with van der Waals surface area (Å²) in [7, 11) is 0. The number of aromatic nitrogens is 1. The highest BCUT2D eigenvalue weighted by molar-refractivity contribution is 9.10. The van der Waals surface area contributed by atoms with E-state index in [-0.39, 0.29) is 18.1 Å². The fourth-order valence-corrected chi connectivity index (χ4v) is 2.24. The lowest BCUT2D eigenvalue weighted by atomic mass is 10.2. The molecule has 20 heavy (non-hydrogen) atoms. The lowest BCUT2D eigenvalue weighted by Crippen LogP contribution is -2.17. The molecule has 108 valence electrons. The summed E-state index contributed by atoms with van der Waals surface area (Å²) in [5.74, 6) is -0.944. The van der Waals surface area contributed by atoms with Gasteiger partial charge in [-0.1, -0.05) is 0 Å². The molecule has 0 saturated carbocycles. The third-order valence-electron chi connectivity index (χ3n) is 2.38. The van der Waals surface area contributed by atoms with E-state index in [1.807, 2.05) is 0 Å². The summed E-state index contributed by atoms with van der Waals surface area (Å²) in [4.78, 5) is 14.3. The van der Waals surface area contributed by atoms with Gasteiger partial charge in [0.05, 0.1) is 12.1 Å². The Kier molecular flexibility index (Phi) is 3.94. The average Bonchev–Trinajstić information content (AvgIpc) is 2.71. The Labute approximate surface area is 120 Å². The highest BCUT2D eigenvalue weighted by Crippen LogP contribution is 2.32. The van der Waals surface area contributed by atoms with Crippen LogP contribution in [-0.2, 0) is 4.74 Å². The molecule has 0 aliphatic heterocycles. The minimum Gasteiger partial charge on any atom is -0.461 e. The SMILES string of the molecule is CCOC(=O)c1cc2cc(OC(F)(F)F)cc(Br)c2[nH]1. The Morgan fingerprint density at radius 3 is 2.65 bits per heavy atom. The Morgan fingerprint density at radius 2 is 2.05 bits per heavy atom. The van der Waals surface area contributed by atoms with Crippen molar-refractivity contribution < 1.29 is 27.4 Å². The first-order valence-corrected chi connectivity index (χ1v) is 6.34. The van der Waals surface area contributed by atoms with Crippen LogP contribution in [0, 0.1) is 0 Å². The van der Waals surface area contributed by atoms with Crippen LogP contribution in [0.25, 0.3) is 10.9 Å². The van der Waals surface area contributed by atoms with Crippen molar-refractivity contribution in [2.24, 2.45) is 0 Å². The molecule has 0 unspecified atom stereocenters. The van der Waals surface area contributed by atoms with Gasteiger partial charge in [0.15, 0.2) is 0 Å². The molecule has 1 N–H and O–H groups in total. The maximum absolute atomic E-state index is 12.2. The van der Waals surface area contributed by atoms with Crippen LogP contribution in [0.3, 0.4) is 0 Å². The molecule has 0 saturated heterocycles. The maximum atomic E-state index is 12.2. The van der Waals surface area contributed by atoms with Crippen molar-refractivity contribution >= 4 is 32.8 Å². The van der Waals surface area contributed by atoms with E-state index in [1.54, 1.807) is 6.92 Å². The van der Waals surface area contributed by atoms with Crippen molar-refractivity contribution in [3.05, 3.63) is 28.4 Å². The zero-order valence-electron chi connectivity index (χ0n) is 10.2. The fourth-order valence-electron chi connectivity index (χ4n) is 1.69. The topological polar surface area (TPSA) is 51.3 Å². The quantitative estimate of drug-likeness (QED) is 0.850. The van der Waals surface area contributed by atoms with Crippen LogP contribution in [0.1, 0.15) is 17.4 Å². The molecule has 1 aromatic carbocycles. The zero-order valence-corrected chi connectivity index (χ0v) is 11.8. The van der Waals surface area contributed by atoms with Crippen molar-refractivity contribution in [3.63, 3.8) is 0 Å². The molecule has 0 aliphatic rings. The smallest absolute Gasteiger partial charge is 0.461 e. The monoisotopic (exact) mass is 351 g/mol. The Bertz CT molecular complexity index is 651. The number of nitrogens with one attached hydrogen (secondary N) is 1. The number of carbonyl (C=O) groups is 1. The molecule has 2 rings (SSSR count). The molecule has 1 aromatic heterocycles. The van der Waals surface area contributed by atoms with Gasteiger partial charge in [0.25, 0.3) is 0 Å². The molecule has 4 nitrogen and oxygen atoms in total. The third-order valence-corrected chi connectivity index (χ3v) is 3.01. The Morgan fingerprint density at radius 1 is 1.35 bits per heavy atom. The van der Waals surface area contributed by atoms with Crippen LogP contribution in [0.15, 0.2) is 22.7 Å². The second-order valence-electron chi connectivity index (χ2n) is 3.82. The molecule has 8 heteroatoms. The highest BCUT2D eigenvalue weighted by Gasteiger charge is 2.31. The number of alkyl halides is 3. The first-order chi connectivity index (χ1) is 9.30. The molecule has 0 aliphatic carbocycles. The summed E-state index contributed by atoms with van der Waals surface area (Å²) in [5.41, 5.74) is 0.647. The number of esters is 1. The van der Waals surface area contributed by atoms with Gasteiger partial charge in [-0.05, 0) is 41.1 Å². The van der Waals surface area contributed by atoms with E-state index in [0.29, 0.717) is 15.4 Å². The number of aromatic amines is 1. The molecule has 0 fully saturated rings. The second-order valence-corrected chi connectivity index (χ2v) is 4.67. The second kappa shape index (κ2) is 5.35. The minimum atomic E-state index is -4.77. The number of rotatable bonds is 3. The number of H-pyrrole nitrogens is 1. The van der Waals surface area contributed by atoms with Gasteiger partial charge >= 0.3 is 12.3 Å². The number of fused-ring (bicyclic) bond motifs is 1. The first kappa shape index (κ1) is 14.7. The summed E-state index contributed by atoms with van der Waals surface area (Å²) in [5, 5.41) is 0.404. The number of ether oxygens (including phenoxy) is 2. The summed E-state index contributed by atoms with van der Waals surface area (Å²) >= 11 is 3.13. The molecule has 0 amide bonds. The molecular weight excluding hydrogens is 343 g/mol. The number of benzene rings is 1. The van der Waals surface area contributed by atoms with Crippen LogP contribution in [0.4, 0.5) is 13.2 Å². The number of hydrogen-bond donors (Lipinski definition) is 1. The zero-order chi connectivity index (χ0) is 14.9. The molecule has 2 aromatic rings. The van der Waals surface area contributed by atoms with Crippen molar-refractivity contribution in [2.45, 2.75) is 13.3 Å². The lowest BCUT2D eigenvalue weighted by molar-refractivity contribution is -0.274. The molecule has 0 spiro atoms. The van der Waals surface area contributed by atoms with E-state index in [9.17, 15) is 18.0 Å². The van der Waals surface area contributed by atoms with Crippen molar-refractivity contribution in [1.82, 2.24) is 4.98 Å². The molecular formula is C12H9BrF3NO3. The summed E-state index contributed by atoms with van der Waals surface area (Å²) in [6.45, 7) is 1.86. The molecule has 0 bridgehead atoms. The largest absolute Gasteiger partial charge is 0.573 e. The van der Waals surface area contributed by atoms with Crippen LogP contribution in [0.5, 0.6) is 5.75 Å². The first-order valence-electron chi connectivity index (χ1n) is 5.55. The van der Waals surface area contributed by atoms with Crippen molar-refractivity contribution in [1.29, 1.82) is 0 Å². The van der Waals surface area contributed by atoms with Crippen LogP contribution < -0.4 is 4.74 Å². The number of halogens is 4. The van der Waals surface area contributed by atoms with Gasteiger partial charge < -0.3 is 14.5 Å². The van der Waals surface area contributed by atoms with Crippen LogP contribution in [0.2, 0.25) is 0 Å². The van der Waals surface area contributed by atoms with Gasteiger partial charge in [-0.2, -0.15) is 0 Å². The normalized spacial score (nSPS) is 11.7. The van der Waals surface area contributed by atoms with Crippen LogP contribution in [-0.4, -0.2) is 23.9 Å².